The van der Waals surface area contributed by atoms with Gasteiger partial charge < -0.3 is 15.4 Å². The highest BCUT2D eigenvalue weighted by molar-refractivity contribution is 6.30. The van der Waals surface area contributed by atoms with E-state index in [0.29, 0.717) is 17.3 Å². The normalized spacial score (nSPS) is 15.6. The predicted molar refractivity (Wildman–Crippen MR) is 125 cm³/mol. The smallest absolute Gasteiger partial charge is 0.407 e. The zero-order valence-corrected chi connectivity index (χ0v) is 19.1. The van der Waals surface area contributed by atoms with Crippen molar-refractivity contribution < 1.29 is 9.53 Å². The second-order valence-electron chi connectivity index (χ2n) is 8.77. The number of pyridine rings is 1. The van der Waals surface area contributed by atoms with Crippen LogP contribution in [0.2, 0.25) is 5.02 Å². The molecule has 1 aromatic carbocycles. The van der Waals surface area contributed by atoms with Crippen LogP contribution in [0.1, 0.15) is 38.4 Å². The monoisotopic (exact) mass is 451 g/mol. The van der Waals surface area contributed by atoms with Crippen LogP contribution < -0.4 is 10.6 Å². The molecule has 0 saturated heterocycles. The van der Waals surface area contributed by atoms with Crippen molar-refractivity contribution in [3.05, 3.63) is 65.1 Å². The topological polar surface area (TPSA) is 89.0 Å². The number of anilines is 2. The Morgan fingerprint density at radius 3 is 2.50 bits per heavy atom. The molecule has 0 fully saturated rings. The van der Waals surface area contributed by atoms with E-state index >= 15 is 0 Å². The highest BCUT2D eigenvalue weighted by Crippen LogP contribution is 2.31. The molecule has 1 aliphatic carbocycles. The van der Waals surface area contributed by atoms with Gasteiger partial charge in [-0.15, -0.1) is 0 Å². The van der Waals surface area contributed by atoms with Crippen molar-refractivity contribution in [1.29, 1.82) is 0 Å². The molecular formula is C24H26ClN5O2. The summed E-state index contributed by atoms with van der Waals surface area (Å²) < 4.78 is 5.43. The van der Waals surface area contributed by atoms with Crippen LogP contribution in [0.5, 0.6) is 0 Å². The number of ether oxygens (including phenoxy) is 1. The molecule has 0 unspecified atom stereocenters. The summed E-state index contributed by atoms with van der Waals surface area (Å²) in [7, 11) is 0. The van der Waals surface area contributed by atoms with Crippen LogP contribution in [0.15, 0.2) is 48.8 Å². The molecule has 3 aromatic rings. The first-order valence-corrected chi connectivity index (χ1v) is 11.0. The van der Waals surface area contributed by atoms with Gasteiger partial charge in [-0.25, -0.2) is 14.8 Å². The number of fused-ring (bicyclic) bond motifs is 1. The molecule has 1 aliphatic rings. The number of alkyl carbamates (subject to hydrolysis) is 1. The summed E-state index contributed by atoms with van der Waals surface area (Å²) in [5.41, 5.74) is 3.20. The third-order valence-corrected chi connectivity index (χ3v) is 5.29. The van der Waals surface area contributed by atoms with Gasteiger partial charge in [0.15, 0.2) is 5.82 Å². The Morgan fingerprint density at radius 2 is 1.81 bits per heavy atom. The van der Waals surface area contributed by atoms with Gasteiger partial charge in [0.2, 0.25) is 0 Å². The third kappa shape index (κ3) is 5.53. The highest BCUT2D eigenvalue weighted by atomic mass is 35.5. The third-order valence-electron chi connectivity index (χ3n) is 5.04. The Bertz CT molecular complexity index is 1100. The average molecular weight is 452 g/mol. The molecule has 1 amide bonds. The number of nitrogens with one attached hydrogen (secondary N) is 2. The quantitative estimate of drug-likeness (QED) is 0.558. The number of aromatic nitrogens is 3. The standard InChI is InChI=1S/C24H26ClN5O2/c1-24(2,3)32-23(31)28-18-8-9-20-19(14-18)22(27-17-6-4-16(25)5-7-17)30-21(29-20)15-10-12-26-13-11-15/h4-7,10-13,18H,8-9,14H2,1-3H3,(H,28,31)(H,27,29,30)/t18-/m0/s1. The first-order valence-electron chi connectivity index (χ1n) is 10.6. The molecule has 0 spiro atoms. The van der Waals surface area contributed by atoms with E-state index in [-0.39, 0.29) is 6.04 Å². The van der Waals surface area contributed by atoms with Crippen LogP contribution in [-0.4, -0.2) is 32.7 Å². The summed E-state index contributed by atoms with van der Waals surface area (Å²) >= 11 is 6.04. The van der Waals surface area contributed by atoms with Gasteiger partial charge in [0.1, 0.15) is 11.4 Å². The van der Waals surface area contributed by atoms with Crippen LogP contribution in [-0.2, 0) is 17.6 Å². The van der Waals surface area contributed by atoms with E-state index in [9.17, 15) is 4.79 Å². The van der Waals surface area contributed by atoms with Gasteiger partial charge in [0.05, 0.1) is 0 Å². The van der Waals surface area contributed by atoms with Gasteiger partial charge in [0, 0.05) is 46.0 Å². The van der Waals surface area contributed by atoms with E-state index in [0.717, 1.165) is 41.2 Å². The van der Waals surface area contributed by atoms with Crippen molar-refractivity contribution in [2.45, 2.75) is 51.7 Å². The second-order valence-corrected chi connectivity index (χ2v) is 9.21. The van der Waals surface area contributed by atoms with Crippen LogP contribution >= 0.6 is 11.6 Å². The van der Waals surface area contributed by atoms with Crippen LogP contribution in [0, 0.1) is 0 Å². The highest BCUT2D eigenvalue weighted by Gasteiger charge is 2.27. The van der Waals surface area contributed by atoms with Crippen LogP contribution in [0.25, 0.3) is 11.4 Å². The number of carbonyl (C=O) groups is 1. The lowest BCUT2D eigenvalue weighted by atomic mass is 9.91. The number of nitrogens with zero attached hydrogens (tertiary/aromatic N) is 3. The van der Waals surface area contributed by atoms with Gasteiger partial charge in [-0.1, -0.05) is 11.6 Å². The van der Waals surface area contributed by atoms with Crippen LogP contribution in [0.4, 0.5) is 16.3 Å². The van der Waals surface area contributed by atoms with Crippen molar-refractivity contribution in [2.75, 3.05) is 5.32 Å². The SMILES string of the molecule is CC(C)(C)OC(=O)N[C@H]1CCc2nc(-c3ccncc3)nc(Nc3ccc(Cl)cc3)c2C1. The minimum absolute atomic E-state index is 0.0570. The first-order chi connectivity index (χ1) is 15.3. The molecule has 8 heteroatoms. The molecule has 0 radical (unpaired) electrons. The Morgan fingerprint density at radius 1 is 1.09 bits per heavy atom. The lowest BCUT2D eigenvalue weighted by molar-refractivity contribution is 0.0500. The lowest BCUT2D eigenvalue weighted by Crippen LogP contribution is -2.42. The van der Waals surface area contributed by atoms with Crippen LogP contribution in [0.3, 0.4) is 0 Å². The zero-order valence-electron chi connectivity index (χ0n) is 18.4. The number of aryl methyl sites for hydroxylation is 1. The average Bonchev–Trinajstić information content (AvgIpc) is 2.75. The first kappa shape index (κ1) is 22.0. The van der Waals surface area contributed by atoms with E-state index in [1.165, 1.54) is 0 Å². The Hall–Kier alpha value is -3.19. The molecule has 1 atom stereocenters. The summed E-state index contributed by atoms with van der Waals surface area (Å²) in [5, 5.41) is 7.07. The fourth-order valence-electron chi connectivity index (χ4n) is 3.61. The predicted octanol–water partition coefficient (Wildman–Crippen LogP) is 5.32. The van der Waals surface area contributed by atoms with E-state index < -0.39 is 11.7 Å². The van der Waals surface area contributed by atoms with Gasteiger partial charge in [-0.2, -0.15) is 0 Å². The molecule has 4 rings (SSSR count). The second kappa shape index (κ2) is 9.12. The number of rotatable bonds is 4. The van der Waals surface area contributed by atoms with Gasteiger partial charge in [-0.3, -0.25) is 4.98 Å². The number of carbonyl (C=O) groups excluding carboxylic acids is 1. The largest absolute Gasteiger partial charge is 0.444 e. The minimum Gasteiger partial charge on any atom is -0.444 e. The van der Waals surface area contributed by atoms with Gasteiger partial charge in [-0.05, 0) is 76.4 Å². The van der Waals surface area contributed by atoms with Gasteiger partial charge >= 0.3 is 6.09 Å². The number of amides is 1. The lowest BCUT2D eigenvalue weighted by Gasteiger charge is -2.28. The molecule has 0 aliphatic heterocycles. The minimum atomic E-state index is -0.541. The van der Waals surface area contributed by atoms with E-state index in [4.69, 9.17) is 26.3 Å². The molecule has 7 nitrogen and oxygen atoms in total. The summed E-state index contributed by atoms with van der Waals surface area (Å²) in [6.45, 7) is 5.56. The van der Waals surface area contributed by atoms with E-state index in [1.807, 2.05) is 57.2 Å². The Balaban J connectivity index is 1.64. The molecular weight excluding hydrogens is 426 g/mol. The molecule has 166 valence electrons. The van der Waals surface area contributed by atoms with E-state index in [1.54, 1.807) is 12.4 Å². The van der Waals surface area contributed by atoms with Crippen molar-refractivity contribution in [1.82, 2.24) is 20.3 Å². The Kier molecular flexibility index (Phi) is 6.28. The van der Waals surface area contributed by atoms with E-state index in [2.05, 4.69) is 15.6 Å². The van der Waals surface area contributed by atoms with Crippen molar-refractivity contribution >= 4 is 29.2 Å². The number of benzene rings is 1. The Labute approximate surface area is 192 Å². The van der Waals surface area contributed by atoms with Crippen molar-refractivity contribution in [3.63, 3.8) is 0 Å². The summed E-state index contributed by atoms with van der Waals surface area (Å²) in [5.74, 6) is 1.36. The maximum absolute atomic E-state index is 12.3. The zero-order chi connectivity index (χ0) is 22.7. The molecule has 0 bridgehead atoms. The van der Waals surface area contributed by atoms with Gasteiger partial charge in [0.25, 0.3) is 0 Å². The molecule has 32 heavy (non-hydrogen) atoms. The molecule has 0 saturated carbocycles. The number of hydrogen-bond acceptors (Lipinski definition) is 6. The fourth-order valence-corrected chi connectivity index (χ4v) is 3.74. The molecule has 2 heterocycles. The maximum Gasteiger partial charge on any atom is 0.407 e. The summed E-state index contributed by atoms with van der Waals surface area (Å²) in [6, 6.07) is 11.2. The summed E-state index contributed by atoms with van der Waals surface area (Å²) in [4.78, 5) is 26.0. The maximum atomic E-state index is 12.3. The number of hydrogen-bond donors (Lipinski definition) is 2. The fraction of sp³-hybridized carbons (Fsp3) is 0.333. The van der Waals surface area contributed by atoms with Crippen molar-refractivity contribution in [3.8, 4) is 11.4 Å². The summed E-state index contributed by atoms with van der Waals surface area (Å²) in [6.07, 6.45) is 5.16. The molecule has 2 N–H and O–H groups in total. The van der Waals surface area contributed by atoms with Crippen molar-refractivity contribution in [2.24, 2.45) is 0 Å². The molecule has 2 aromatic heterocycles. The number of halogens is 1.